The van der Waals surface area contributed by atoms with Crippen LogP contribution in [0.15, 0.2) is 36.8 Å². The number of carbonyl (C=O) groups is 1. The quantitative estimate of drug-likeness (QED) is 0.236. The molecule has 0 aliphatic carbocycles. The van der Waals surface area contributed by atoms with Crippen LogP contribution in [-0.2, 0) is 4.74 Å². The summed E-state index contributed by atoms with van der Waals surface area (Å²) >= 11 is 0. The van der Waals surface area contributed by atoms with Crippen molar-refractivity contribution in [3.8, 4) is 0 Å². The van der Waals surface area contributed by atoms with E-state index in [9.17, 15) is 14.9 Å². The third-order valence-electron chi connectivity index (χ3n) is 0.915. The van der Waals surface area contributed by atoms with Crippen LogP contribution < -0.4 is 0 Å². The lowest BCUT2D eigenvalue weighted by atomic mass is 10.4. The van der Waals surface area contributed by atoms with E-state index in [0.717, 1.165) is 12.2 Å². The lowest BCUT2D eigenvalue weighted by molar-refractivity contribution is -0.418. The minimum Gasteiger partial charge on any atom is -0.449 e. The zero-order chi connectivity index (χ0) is 10.4. The standard InChI is InChI=1S/C7H7NO5/c1-5(8(11)12)3-4-6(2)13-7(9)10/h3-4H,1-2H2,(H,9,10)/b4-3-. The number of hydrogen-bond acceptors (Lipinski definition) is 4. The Bertz CT molecular complexity index is 291. The van der Waals surface area contributed by atoms with E-state index in [2.05, 4.69) is 17.9 Å². The van der Waals surface area contributed by atoms with Gasteiger partial charge in [-0.2, -0.15) is 0 Å². The number of nitro groups is 1. The van der Waals surface area contributed by atoms with Gasteiger partial charge in [0.2, 0.25) is 0 Å². The lowest BCUT2D eigenvalue weighted by Crippen LogP contribution is -1.98. The molecular weight excluding hydrogens is 178 g/mol. The van der Waals surface area contributed by atoms with Crippen molar-refractivity contribution in [1.29, 1.82) is 0 Å². The molecule has 0 aliphatic heterocycles. The van der Waals surface area contributed by atoms with Crippen LogP contribution in [0.25, 0.3) is 0 Å². The second-order valence-electron chi connectivity index (χ2n) is 1.92. The molecule has 0 bridgehead atoms. The van der Waals surface area contributed by atoms with Gasteiger partial charge in [0.1, 0.15) is 5.76 Å². The highest BCUT2D eigenvalue weighted by Crippen LogP contribution is 2.00. The molecule has 0 rings (SSSR count). The number of carboxylic acid groups (broad SMARTS) is 1. The van der Waals surface area contributed by atoms with E-state index < -0.39 is 11.1 Å². The Morgan fingerprint density at radius 1 is 1.46 bits per heavy atom. The number of hydrogen-bond donors (Lipinski definition) is 1. The van der Waals surface area contributed by atoms with Crippen LogP contribution in [0.2, 0.25) is 0 Å². The number of allylic oxidation sites excluding steroid dienone is 2. The fraction of sp³-hybridized carbons (Fsp3) is 0. The van der Waals surface area contributed by atoms with Crippen molar-refractivity contribution in [2.75, 3.05) is 0 Å². The van der Waals surface area contributed by atoms with E-state index in [1.165, 1.54) is 0 Å². The van der Waals surface area contributed by atoms with Crippen LogP contribution in [0.5, 0.6) is 0 Å². The topological polar surface area (TPSA) is 89.7 Å². The van der Waals surface area contributed by atoms with Crippen LogP contribution in [0.3, 0.4) is 0 Å². The van der Waals surface area contributed by atoms with Crippen molar-refractivity contribution < 1.29 is 19.6 Å². The summed E-state index contributed by atoms with van der Waals surface area (Å²) in [4.78, 5) is 19.2. The summed E-state index contributed by atoms with van der Waals surface area (Å²) in [6.07, 6.45) is 0.506. The Morgan fingerprint density at radius 2 is 2.00 bits per heavy atom. The molecule has 0 saturated heterocycles. The predicted octanol–water partition coefficient (Wildman–Crippen LogP) is 1.54. The lowest BCUT2D eigenvalue weighted by Gasteiger charge is -1.95. The van der Waals surface area contributed by atoms with Gasteiger partial charge in [0.25, 0.3) is 5.70 Å². The first kappa shape index (κ1) is 10.9. The highest BCUT2D eigenvalue weighted by molar-refractivity contribution is 5.59. The maximum atomic E-state index is 10.0. The number of ether oxygens (including phenoxy) is 1. The van der Waals surface area contributed by atoms with Gasteiger partial charge in [0.15, 0.2) is 0 Å². The zero-order valence-electron chi connectivity index (χ0n) is 6.60. The zero-order valence-corrected chi connectivity index (χ0v) is 6.60. The largest absolute Gasteiger partial charge is 0.511 e. The number of rotatable bonds is 4. The fourth-order valence-electron chi connectivity index (χ4n) is 0.396. The van der Waals surface area contributed by atoms with Crippen LogP contribution in [0.1, 0.15) is 0 Å². The summed E-state index contributed by atoms with van der Waals surface area (Å²) in [5.74, 6) is -0.212. The van der Waals surface area contributed by atoms with E-state index in [1.807, 2.05) is 0 Å². The summed E-state index contributed by atoms with van der Waals surface area (Å²) in [5, 5.41) is 18.1. The SMILES string of the molecule is C=C(/C=C\C(=C)[N+](=O)[O-])OC(=O)O. The molecule has 6 nitrogen and oxygen atoms in total. The molecule has 0 heterocycles. The van der Waals surface area contributed by atoms with Gasteiger partial charge < -0.3 is 9.84 Å². The van der Waals surface area contributed by atoms with Crippen molar-refractivity contribution >= 4 is 6.16 Å². The van der Waals surface area contributed by atoms with E-state index in [0.29, 0.717) is 0 Å². The minimum atomic E-state index is -1.53. The summed E-state index contributed by atoms with van der Waals surface area (Å²) < 4.78 is 4.05. The van der Waals surface area contributed by atoms with Gasteiger partial charge in [-0.05, 0) is 12.7 Å². The average Bonchev–Trinajstić information content (AvgIpc) is 1.98. The molecule has 0 aliphatic rings. The Balaban J connectivity index is 4.13. The second-order valence-corrected chi connectivity index (χ2v) is 1.92. The molecule has 0 amide bonds. The minimum absolute atomic E-state index is 0.212. The third kappa shape index (κ3) is 5.19. The Morgan fingerprint density at radius 3 is 2.38 bits per heavy atom. The van der Waals surface area contributed by atoms with Crippen molar-refractivity contribution in [1.82, 2.24) is 0 Å². The first-order chi connectivity index (χ1) is 5.93. The highest BCUT2D eigenvalue weighted by Gasteiger charge is 2.02. The Kier molecular flexibility index (Phi) is 3.94. The Hall–Kier alpha value is -2.11. The van der Waals surface area contributed by atoms with E-state index in [4.69, 9.17) is 5.11 Å². The molecule has 1 N–H and O–H groups in total. The number of nitrogens with zero attached hydrogens (tertiary/aromatic N) is 1. The van der Waals surface area contributed by atoms with Gasteiger partial charge in [-0.25, -0.2) is 4.79 Å². The molecule has 0 aromatic carbocycles. The third-order valence-corrected chi connectivity index (χ3v) is 0.915. The highest BCUT2D eigenvalue weighted by atomic mass is 16.7. The molecule has 6 heteroatoms. The first-order valence-electron chi connectivity index (χ1n) is 3.04. The van der Waals surface area contributed by atoms with Crippen LogP contribution in [0.4, 0.5) is 4.79 Å². The van der Waals surface area contributed by atoms with Gasteiger partial charge >= 0.3 is 6.16 Å². The van der Waals surface area contributed by atoms with Crippen LogP contribution >= 0.6 is 0 Å². The molecule has 0 unspecified atom stereocenters. The van der Waals surface area contributed by atoms with Gasteiger partial charge in [0, 0.05) is 6.08 Å². The normalized spacial score (nSPS) is 9.54. The summed E-state index contributed by atoms with van der Waals surface area (Å²) in [6.45, 7) is 6.25. The van der Waals surface area contributed by atoms with Crippen molar-refractivity contribution in [2.24, 2.45) is 0 Å². The maximum Gasteiger partial charge on any atom is 0.511 e. The average molecular weight is 185 g/mol. The summed E-state index contributed by atoms with van der Waals surface area (Å²) in [7, 11) is 0. The molecular formula is C7H7NO5. The van der Waals surface area contributed by atoms with Crippen molar-refractivity contribution in [2.45, 2.75) is 0 Å². The molecule has 0 radical (unpaired) electrons. The molecule has 0 aromatic heterocycles. The van der Waals surface area contributed by atoms with E-state index in [1.54, 1.807) is 0 Å². The molecule has 13 heavy (non-hydrogen) atoms. The van der Waals surface area contributed by atoms with Gasteiger partial charge in [-0.1, -0.05) is 6.58 Å². The molecule has 0 aromatic rings. The first-order valence-corrected chi connectivity index (χ1v) is 3.04. The molecule has 0 spiro atoms. The van der Waals surface area contributed by atoms with E-state index >= 15 is 0 Å². The molecule has 0 fully saturated rings. The predicted molar refractivity (Wildman–Crippen MR) is 43.5 cm³/mol. The summed E-state index contributed by atoms with van der Waals surface area (Å²) in [5.41, 5.74) is -0.380. The maximum absolute atomic E-state index is 10.0. The Labute approximate surface area is 73.6 Å². The molecule has 0 saturated carbocycles. The second kappa shape index (κ2) is 4.70. The van der Waals surface area contributed by atoms with Crippen molar-refractivity contribution in [3.05, 3.63) is 46.9 Å². The van der Waals surface area contributed by atoms with E-state index in [-0.39, 0.29) is 11.5 Å². The monoisotopic (exact) mass is 185 g/mol. The fourth-order valence-corrected chi connectivity index (χ4v) is 0.396. The van der Waals surface area contributed by atoms with Crippen molar-refractivity contribution in [3.63, 3.8) is 0 Å². The van der Waals surface area contributed by atoms with Gasteiger partial charge in [0.05, 0.1) is 4.92 Å². The summed E-state index contributed by atoms with van der Waals surface area (Å²) in [6, 6.07) is 0. The molecule has 0 atom stereocenters. The smallest absolute Gasteiger partial charge is 0.449 e. The van der Waals surface area contributed by atoms with Crippen LogP contribution in [-0.4, -0.2) is 16.2 Å². The molecule has 70 valence electrons. The van der Waals surface area contributed by atoms with Crippen LogP contribution in [0, 0.1) is 10.1 Å². The van der Waals surface area contributed by atoms with Gasteiger partial charge in [-0.3, -0.25) is 10.1 Å². The van der Waals surface area contributed by atoms with Gasteiger partial charge in [-0.15, -0.1) is 0 Å².